The molecule has 110 valence electrons. The summed E-state index contributed by atoms with van der Waals surface area (Å²) >= 11 is 0. The van der Waals surface area contributed by atoms with Crippen LogP contribution in [0.1, 0.15) is 46.0 Å². The van der Waals surface area contributed by atoms with Crippen molar-refractivity contribution in [1.82, 2.24) is 5.32 Å². The summed E-state index contributed by atoms with van der Waals surface area (Å²) in [6.45, 7) is 4.56. The Bertz CT molecular complexity index is 318. The molecule has 2 unspecified atom stereocenters. The van der Waals surface area contributed by atoms with E-state index in [2.05, 4.69) is 19.2 Å². The van der Waals surface area contributed by atoms with Gasteiger partial charge in [-0.25, -0.2) is 0 Å². The second-order valence-corrected chi connectivity index (χ2v) is 6.04. The van der Waals surface area contributed by atoms with E-state index in [1.807, 2.05) is 0 Å². The van der Waals surface area contributed by atoms with Crippen LogP contribution in [-0.4, -0.2) is 29.6 Å². The molecule has 0 spiro atoms. The molecule has 0 aromatic rings. The van der Waals surface area contributed by atoms with Crippen LogP contribution in [-0.2, 0) is 9.59 Å². The summed E-state index contributed by atoms with van der Waals surface area (Å²) in [5.74, 6) is -0.486. The third kappa shape index (κ3) is 5.59. The normalized spacial score (nSPS) is 24.4. The van der Waals surface area contributed by atoms with E-state index in [0.717, 1.165) is 25.7 Å². The molecule has 0 saturated heterocycles. The molecule has 5 heteroatoms. The van der Waals surface area contributed by atoms with Crippen LogP contribution in [0, 0.1) is 17.8 Å². The van der Waals surface area contributed by atoms with E-state index in [0.29, 0.717) is 12.5 Å². The lowest BCUT2D eigenvalue weighted by molar-refractivity contribution is -0.138. The van der Waals surface area contributed by atoms with Crippen molar-refractivity contribution in [2.75, 3.05) is 6.54 Å². The monoisotopic (exact) mass is 270 g/mol. The largest absolute Gasteiger partial charge is 0.481 e. The van der Waals surface area contributed by atoms with Crippen LogP contribution in [0.25, 0.3) is 0 Å². The molecule has 1 amide bonds. The first kappa shape index (κ1) is 16.0. The van der Waals surface area contributed by atoms with Gasteiger partial charge < -0.3 is 16.2 Å². The number of nitrogens with one attached hydrogen (secondary N) is 1. The summed E-state index contributed by atoms with van der Waals surface area (Å²) in [5.41, 5.74) is 5.89. The first-order valence-corrected chi connectivity index (χ1v) is 7.15. The van der Waals surface area contributed by atoms with Gasteiger partial charge >= 0.3 is 5.97 Å². The number of hydrogen-bond acceptors (Lipinski definition) is 3. The van der Waals surface area contributed by atoms with Gasteiger partial charge in [0.2, 0.25) is 5.91 Å². The highest BCUT2D eigenvalue weighted by molar-refractivity contribution is 5.79. The van der Waals surface area contributed by atoms with E-state index in [-0.39, 0.29) is 30.2 Å². The van der Waals surface area contributed by atoms with Crippen molar-refractivity contribution in [2.45, 2.75) is 52.0 Å². The summed E-state index contributed by atoms with van der Waals surface area (Å²) < 4.78 is 0. The lowest BCUT2D eigenvalue weighted by Gasteiger charge is -2.20. The number of amides is 1. The number of hydrogen-bond donors (Lipinski definition) is 3. The van der Waals surface area contributed by atoms with Crippen molar-refractivity contribution in [2.24, 2.45) is 23.5 Å². The van der Waals surface area contributed by atoms with E-state index in [1.54, 1.807) is 0 Å². The lowest BCUT2D eigenvalue weighted by atomic mass is 9.93. The topological polar surface area (TPSA) is 92.4 Å². The zero-order valence-corrected chi connectivity index (χ0v) is 11.9. The maximum atomic E-state index is 12.0. The molecule has 3 atom stereocenters. The minimum absolute atomic E-state index is 0.000854. The maximum Gasteiger partial charge on any atom is 0.303 e. The average Bonchev–Trinajstić information content (AvgIpc) is 2.70. The molecule has 0 aromatic heterocycles. The SMILES string of the molecule is CC(C)C[C@H](CNC(=O)C1CCCC1N)CC(=O)O. The number of rotatable bonds is 7. The van der Waals surface area contributed by atoms with E-state index < -0.39 is 5.97 Å². The smallest absolute Gasteiger partial charge is 0.303 e. The zero-order valence-electron chi connectivity index (χ0n) is 11.9. The van der Waals surface area contributed by atoms with E-state index in [1.165, 1.54) is 0 Å². The Morgan fingerprint density at radius 2 is 2.05 bits per heavy atom. The highest BCUT2D eigenvalue weighted by atomic mass is 16.4. The van der Waals surface area contributed by atoms with Crippen molar-refractivity contribution in [1.29, 1.82) is 0 Å². The predicted octanol–water partition coefficient (Wildman–Crippen LogP) is 1.37. The van der Waals surface area contributed by atoms with Crippen LogP contribution >= 0.6 is 0 Å². The van der Waals surface area contributed by atoms with Crippen LogP contribution in [0.2, 0.25) is 0 Å². The quantitative estimate of drug-likeness (QED) is 0.651. The maximum absolute atomic E-state index is 12.0. The van der Waals surface area contributed by atoms with Gasteiger partial charge in [0.15, 0.2) is 0 Å². The second kappa shape index (κ2) is 7.48. The summed E-state index contributed by atoms with van der Waals surface area (Å²) in [6, 6.07) is -0.0389. The van der Waals surface area contributed by atoms with Gasteiger partial charge in [-0.3, -0.25) is 9.59 Å². The zero-order chi connectivity index (χ0) is 14.4. The van der Waals surface area contributed by atoms with Crippen molar-refractivity contribution in [3.05, 3.63) is 0 Å². The standard InChI is InChI=1S/C14H26N2O3/c1-9(2)6-10(7-13(17)18)8-16-14(19)11-4-3-5-12(11)15/h9-12H,3-8,15H2,1-2H3,(H,16,19)(H,17,18)/t10-,11?,12?/m0/s1. The number of carbonyl (C=O) groups is 2. The Kier molecular flexibility index (Phi) is 6.28. The summed E-state index contributed by atoms with van der Waals surface area (Å²) in [7, 11) is 0. The number of aliphatic carboxylic acids is 1. The molecule has 19 heavy (non-hydrogen) atoms. The predicted molar refractivity (Wildman–Crippen MR) is 73.5 cm³/mol. The molecule has 0 aliphatic heterocycles. The molecule has 1 aliphatic rings. The van der Waals surface area contributed by atoms with Gasteiger partial charge in [-0.05, 0) is 31.1 Å². The van der Waals surface area contributed by atoms with Crippen LogP contribution in [0.4, 0.5) is 0 Å². The molecule has 5 nitrogen and oxygen atoms in total. The Labute approximate surface area is 114 Å². The summed E-state index contributed by atoms with van der Waals surface area (Å²) in [6.07, 6.45) is 3.67. The van der Waals surface area contributed by atoms with Gasteiger partial charge in [-0.15, -0.1) is 0 Å². The number of carboxylic acids is 1. The molecule has 1 saturated carbocycles. The first-order chi connectivity index (χ1) is 8.90. The highest BCUT2D eigenvalue weighted by Crippen LogP contribution is 2.24. The van der Waals surface area contributed by atoms with Crippen molar-refractivity contribution in [3.8, 4) is 0 Å². The molecular formula is C14H26N2O3. The van der Waals surface area contributed by atoms with Crippen LogP contribution in [0.5, 0.6) is 0 Å². The molecule has 0 heterocycles. The molecule has 0 bridgehead atoms. The highest BCUT2D eigenvalue weighted by Gasteiger charge is 2.30. The van der Waals surface area contributed by atoms with Crippen molar-refractivity contribution in [3.63, 3.8) is 0 Å². The second-order valence-electron chi connectivity index (χ2n) is 6.04. The average molecular weight is 270 g/mol. The van der Waals surface area contributed by atoms with Gasteiger partial charge in [-0.2, -0.15) is 0 Å². The van der Waals surface area contributed by atoms with E-state index >= 15 is 0 Å². The fourth-order valence-corrected chi connectivity index (χ4v) is 2.84. The Hall–Kier alpha value is -1.10. The molecule has 1 aliphatic carbocycles. The Balaban J connectivity index is 2.41. The minimum Gasteiger partial charge on any atom is -0.481 e. The lowest BCUT2D eigenvalue weighted by Crippen LogP contribution is -2.40. The van der Waals surface area contributed by atoms with Crippen LogP contribution < -0.4 is 11.1 Å². The van der Waals surface area contributed by atoms with E-state index in [4.69, 9.17) is 10.8 Å². The Morgan fingerprint density at radius 1 is 1.37 bits per heavy atom. The fraction of sp³-hybridized carbons (Fsp3) is 0.857. The van der Waals surface area contributed by atoms with Crippen molar-refractivity contribution >= 4 is 11.9 Å². The molecule has 1 fully saturated rings. The minimum atomic E-state index is -0.808. The fourth-order valence-electron chi connectivity index (χ4n) is 2.84. The third-order valence-corrected chi connectivity index (χ3v) is 3.74. The van der Waals surface area contributed by atoms with Gasteiger partial charge in [0, 0.05) is 19.0 Å². The van der Waals surface area contributed by atoms with E-state index in [9.17, 15) is 9.59 Å². The molecule has 1 rings (SSSR count). The van der Waals surface area contributed by atoms with Gasteiger partial charge in [0.25, 0.3) is 0 Å². The van der Waals surface area contributed by atoms with Gasteiger partial charge in [0.1, 0.15) is 0 Å². The summed E-state index contributed by atoms with van der Waals surface area (Å²) in [5, 5.41) is 11.8. The molecular weight excluding hydrogens is 244 g/mol. The molecule has 0 aromatic carbocycles. The van der Waals surface area contributed by atoms with Gasteiger partial charge in [0.05, 0.1) is 5.92 Å². The number of nitrogens with two attached hydrogens (primary N) is 1. The first-order valence-electron chi connectivity index (χ1n) is 7.15. The molecule has 0 radical (unpaired) electrons. The summed E-state index contributed by atoms with van der Waals surface area (Å²) in [4.78, 5) is 22.8. The Morgan fingerprint density at radius 3 is 2.53 bits per heavy atom. The molecule has 4 N–H and O–H groups in total. The van der Waals surface area contributed by atoms with Crippen LogP contribution in [0.3, 0.4) is 0 Å². The van der Waals surface area contributed by atoms with Crippen molar-refractivity contribution < 1.29 is 14.7 Å². The van der Waals surface area contributed by atoms with Gasteiger partial charge in [-0.1, -0.05) is 20.3 Å². The third-order valence-electron chi connectivity index (χ3n) is 3.74. The number of carboxylic acid groups (broad SMARTS) is 1. The van der Waals surface area contributed by atoms with Crippen LogP contribution in [0.15, 0.2) is 0 Å². The number of carbonyl (C=O) groups excluding carboxylic acids is 1.